The number of ether oxygens (including phenoxy) is 2. The summed E-state index contributed by atoms with van der Waals surface area (Å²) >= 11 is 15.9. The van der Waals surface area contributed by atoms with Crippen molar-refractivity contribution >= 4 is 46.7 Å². The molecule has 0 aromatic heterocycles. The Kier molecular flexibility index (Phi) is 5.17. The third-order valence-corrected chi connectivity index (χ3v) is 1.26. The highest BCUT2D eigenvalue weighted by atomic mass is 35.6. The van der Waals surface area contributed by atoms with Gasteiger partial charge in [-0.15, -0.1) is 0 Å². The second kappa shape index (κ2) is 5.23. The summed E-state index contributed by atoms with van der Waals surface area (Å²) in [6.45, 7) is 4.35. The Balaban J connectivity index is 4.08. The number of carbonyl (C=O) groups is 2. The normalized spacial score (nSPS) is 12.1. The molecule has 15 heavy (non-hydrogen) atoms. The van der Waals surface area contributed by atoms with Crippen LogP contribution in [0, 0.1) is 0 Å². The average Bonchev–Trinajstić information content (AvgIpc) is 1.95. The third kappa shape index (κ3) is 8.78. The van der Waals surface area contributed by atoms with Crippen LogP contribution in [0.3, 0.4) is 0 Å². The highest BCUT2D eigenvalue weighted by Gasteiger charge is 2.28. The summed E-state index contributed by atoms with van der Waals surface area (Å²) in [5.41, 5.74) is -0.768. The summed E-state index contributed by atoms with van der Waals surface area (Å²) in [7, 11) is 0. The Hall–Kier alpha value is -0.190. The minimum atomic E-state index is -1.74. The van der Waals surface area contributed by atoms with Crippen LogP contribution in [0.1, 0.15) is 20.8 Å². The molecule has 88 valence electrons. The molecule has 7 heteroatoms. The zero-order chi connectivity index (χ0) is 12.3. The maximum Gasteiger partial charge on any atom is 0.417 e. The van der Waals surface area contributed by atoms with Crippen LogP contribution in [0.15, 0.2) is 0 Å². The standard InChI is InChI=1S/C8H11Cl3O4/c1-7(2,3)15-6(13)5(12)14-4-8(9,10)11/h4H2,1-3H3. The number of carbonyl (C=O) groups excluding carboxylic acids is 2. The van der Waals surface area contributed by atoms with Crippen LogP contribution < -0.4 is 0 Å². The van der Waals surface area contributed by atoms with E-state index in [0.29, 0.717) is 0 Å². The number of halogens is 3. The van der Waals surface area contributed by atoms with Crippen LogP contribution in [0.25, 0.3) is 0 Å². The van der Waals surface area contributed by atoms with Gasteiger partial charge in [-0.1, -0.05) is 34.8 Å². The Bertz CT molecular complexity index is 252. The maximum absolute atomic E-state index is 11.0. The lowest BCUT2D eigenvalue weighted by Crippen LogP contribution is -2.31. The van der Waals surface area contributed by atoms with Gasteiger partial charge in [0.1, 0.15) is 12.2 Å². The first kappa shape index (κ1) is 14.8. The molecule has 0 aliphatic heterocycles. The largest absolute Gasteiger partial charge is 0.453 e. The number of hydrogen-bond donors (Lipinski definition) is 0. The molecule has 0 saturated heterocycles. The lowest BCUT2D eigenvalue weighted by molar-refractivity contribution is -0.174. The van der Waals surface area contributed by atoms with Crippen LogP contribution in [0.4, 0.5) is 0 Å². The van der Waals surface area contributed by atoms with E-state index in [1.807, 2.05) is 0 Å². The Morgan fingerprint density at radius 3 is 1.87 bits per heavy atom. The van der Waals surface area contributed by atoms with E-state index in [0.717, 1.165) is 0 Å². The van der Waals surface area contributed by atoms with Gasteiger partial charge in [0.2, 0.25) is 3.79 Å². The van der Waals surface area contributed by atoms with Crippen LogP contribution in [0.2, 0.25) is 0 Å². The zero-order valence-corrected chi connectivity index (χ0v) is 10.7. The molecular weight excluding hydrogens is 266 g/mol. The molecule has 0 aromatic rings. The van der Waals surface area contributed by atoms with E-state index in [1.165, 1.54) is 0 Å². The first-order valence-corrected chi connectivity index (χ1v) is 5.11. The molecule has 0 spiro atoms. The highest BCUT2D eigenvalue weighted by molar-refractivity contribution is 6.67. The Morgan fingerprint density at radius 1 is 1.07 bits per heavy atom. The number of hydrogen-bond acceptors (Lipinski definition) is 4. The zero-order valence-electron chi connectivity index (χ0n) is 8.47. The van der Waals surface area contributed by atoms with Gasteiger partial charge in [0, 0.05) is 0 Å². The molecule has 0 unspecified atom stereocenters. The Labute approximate surface area is 103 Å². The lowest BCUT2D eigenvalue weighted by atomic mass is 10.2. The van der Waals surface area contributed by atoms with Crippen molar-refractivity contribution in [3.05, 3.63) is 0 Å². The van der Waals surface area contributed by atoms with Crippen LogP contribution in [-0.2, 0) is 19.1 Å². The molecule has 0 aliphatic rings. The summed E-state index contributed by atoms with van der Waals surface area (Å²) in [4.78, 5) is 22.0. The van der Waals surface area contributed by atoms with Crippen molar-refractivity contribution in [2.75, 3.05) is 6.61 Å². The van der Waals surface area contributed by atoms with Gasteiger partial charge >= 0.3 is 11.9 Å². The molecule has 0 bridgehead atoms. The van der Waals surface area contributed by atoms with Gasteiger partial charge in [0.15, 0.2) is 0 Å². The van der Waals surface area contributed by atoms with Crippen molar-refractivity contribution in [3.63, 3.8) is 0 Å². The van der Waals surface area contributed by atoms with Gasteiger partial charge in [-0.25, -0.2) is 9.59 Å². The quantitative estimate of drug-likeness (QED) is 0.419. The molecule has 0 fully saturated rings. The lowest BCUT2D eigenvalue weighted by Gasteiger charge is -2.19. The van der Waals surface area contributed by atoms with E-state index in [-0.39, 0.29) is 0 Å². The molecule has 0 amide bonds. The summed E-state index contributed by atoms with van der Waals surface area (Å²) in [5, 5.41) is 0. The van der Waals surface area contributed by atoms with Gasteiger partial charge < -0.3 is 9.47 Å². The van der Waals surface area contributed by atoms with Gasteiger partial charge in [0.25, 0.3) is 0 Å². The fraction of sp³-hybridized carbons (Fsp3) is 0.750. The smallest absolute Gasteiger partial charge is 0.417 e. The molecule has 0 aromatic carbocycles. The van der Waals surface area contributed by atoms with Crippen molar-refractivity contribution in [3.8, 4) is 0 Å². The van der Waals surface area contributed by atoms with Crippen LogP contribution in [-0.4, -0.2) is 27.9 Å². The van der Waals surface area contributed by atoms with Crippen LogP contribution >= 0.6 is 34.8 Å². The number of rotatable bonds is 1. The molecule has 0 atom stereocenters. The average molecular weight is 278 g/mol. The Morgan fingerprint density at radius 2 is 1.53 bits per heavy atom. The molecule has 4 nitrogen and oxygen atoms in total. The summed E-state index contributed by atoms with van der Waals surface area (Å²) < 4.78 is 7.39. The highest BCUT2D eigenvalue weighted by Crippen LogP contribution is 2.25. The first-order valence-electron chi connectivity index (χ1n) is 3.98. The topological polar surface area (TPSA) is 52.6 Å². The van der Waals surface area contributed by atoms with Gasteiger partial charge in [-0.05, 0) is 20.8 Å². The van der Waals surface area contributed by atoms with E-state index in [4.69, 9.17) is 39.5 Å². The first-order chi connectivity index (χ1) is 6.51. The summed E-state index contributed by atoms with van der Waals surface area (Å²) in [5.74, 6) is -2.30. The van der Waals surface area contributed by atoms with E-state index in [1.54, 1.807) is 20.8 Å². The molecule has 0 rings (SSSR count). The molecule has 0 radical (unpaired) electrons. The van der Waals surface area contributed by atoms with E-state index in [2.05, 4.69) is 4.74 Å². The van der Waals surface area contributed by atoms with Gasteiger partial charge in [-0.3, -0.25) is 0 Å². The molecule has 0 N–H and O–H groups in total. The summed E-state index contributed by atoms with van der Waals surface area (Å²) in [6, 6.07) is 0. The second-order valence-corrected chi connectivity index (χ2v) is 6.21. The minimum Gasteiger partial charge on any atom is -0.453 e. The van der Waals surface area contributed by atoms with Crippen molar-refractivity contribution in [1.29, 1.82) is 0 Å². The number of alkyl halides is 3. The maximum atomic E-state index is 11.0. The SMILES string of the molecule is CC(C)(C)OC(=O)C(=O)OCC(Cl)(Cl)Cl. The van der Waals surface area contributed by atoms with Gasteiger partial charge in [0.05, 0.1) is 0 Å². The molecule has 0 saturated carbocycles. The van der Waals surface area contributed by atoms with Crippen molar-refractivity contribution in [2.24, 2.45) is 0 Å². The fourth-order valence-electron chi connectivity index (χ4n) is 0.526. The number of esters is 2. The van der Waals surface area contributed by atoms with Crippen molar-refractivity contribution < 1.29 is 19.1 Å². The predicted molar refractivity (Wildman–Crippen MR) is 57.1 cm³/mol. The van der Waals surface area contributed by atoms with Crippen molar-refractivity contribution in [2.45, 2.75) is 30.2 Å². The van der Waals surface area contributed by atoms with Crippen LogP contribution in [0.5, 0.6) is 0 Å². The predicted octanol–water partition coefficient (Wildman–Crippen LogP) is 2.24. The minimum absolute atomic E-state index is 0.504. The molecule has 0 aliphatic carbocycles. The van der Waals surface area contributed by atoms with E-state index in [9.17, 15) is 9.59 Å². The fourth-order valence-corrected chi connectivity index (χ4v) is 0.690. The van der Waals surface area contributed by atoms with Crippen molar-refractivity contribution in [1.82, 2.24) is 0 Å². The second-order valence-electron chi connectivity index (χ2n) is 3.69. The van der Waals surface area contributed by atoms with E-state index < -0.39 is 27.9 Å². The van der Waals surface area contributed by atoms with E-state index >= 15 is 0 Å². The monoisotopic (exact) mass is 276 g/mol. The molecule has 0 heterocycles. The third-order valence-electron chi connectivity index (χ3n) is 0.932. The molecular formula is C8H11Cl3O4. The summed E-state index contributed by atoms with van der Waals surface area (Å²) in [6.07, 6.45) is 0. The van der Waals surface area contributed by atoms with Gasteiger partial charge in [-0.2, -0.15) is 0 Å².